The van der Waals surface area contributed by atoms with Crippen LogP contribution in [0.3, 0.4) is 0 Å². The summed E-state index contributed by atoms with van der Waals surface area (Å²) in [6.45, 7) is 4.38. The highest BCUT2D eigenvalue weighted by Crippen LogP contribution is 2.43. The largest absolute Gasteiger partial charge is 0.340 e. The van der Waals surface area contributed by atoms with E-state index in [4.69, 9.17) is 0 Å². The van der Waals surface area contributed by atoms with Gasteiger partial charge in [0.05, 0.1) is 6.07 Å². The molecule has 2 rings (SSSR count). The fourth-order valence-electron chi connectivity index (χ4n) is 4.37. The molecule has 1 unspecified atom stereocenters. The zero-order valence-corrected chi connectivity index (χ0v) is 13.7. The molecular formula is C18H30N2O. The van der Waals surface area contributed by atoms with Gasteiger partial charge in [-0.1, -0.05) is 46.0 Å². The predicted octanol–water partition coefficient (Wildman–Crippen LogP) is 4.18. The number of hydrogen-bond donors (Lipinski definition) is 1. The number of rotatable bonds is 5. The summed E-state index contributed by atoms with van der Waals surface area (Å²) in [6.07, 6.45) is 11.1. The Labute approximate surface area is 129 Å². The number of amides is 1. The van der Waals surface area contributed by atoms with E-state index >= 15 is 0 Å². The summed E-state index contributed by atoms with van der Waals surface area (Å²) in [5, 5.41) is 12.6. The molecule has 0 bridgehead atoms. The molecule has 0 aromatic rings. The average Bonchev–Trinajstić information content (AvgIpc) is 2.94. The van der Waals surface area contributed by atoms with Crippen molar-refractivity contribution in [2.45, 2.75) is 84.1 Å². The number of carbonyl (C=O) groups is 1. The van der Waals surface area contributed by atoms with Gasteiger partial charge in [0, 0.05) is 5.41 Å². The van der Waals surface area contributed by atoms with E-state index in [1.165, 1.54) is 19.3 Å². The summed E-state index contributed by atoms with van der Waals surface area (Å²) in [4.78, 5) is 12.9. The summed E-state index contributed by atoms with van der Waals surface area (Å²) >= 11 is 0. The third-order valence-electron chi connectivity index (χ3n) is 5.39. The molecule has 0 heterocycles. The van der Waals surface area contributed by atoms with Gasteiger partial charge in [-0.25, -0.2) is 0 Å². The number of nitriles is 1. The van der Waals surface area contributed by atoms with Crippen LogP contribution in [-0.2, 0) is 4.79 Å². The van der Waals surface area contributed by atoms with Gasteiger partial charge >= 0.3 is 0 Å². The van der Waals surface area contributed by atoms with Gasteiger partial charge in [-0.15, -0.1) is 0 Å². The lowest BCUT2D eigenvalue weighted by Gasteiger charge is -2.33. The quantitative estimate of drug-likeness (QED) is 0.825. The monoisotopic (exact) mass is 290 g/mol. The van der Waals surface area contributed by atoms with Crippen LogP contribution in [-0.4, -0.2) is 11.9 Å². The van der Waals surface area contributed by atoms with Gasteiger partial charge in [-0.05, 0) is 43.9 Å². The van der Waals surface area contributed by atoms with E-state index < -0.39 is 0 Å². The molecule has 0 aromatic heterocycles. The topological polar surface area (TPSA) is 52.9 Å². The fraction of sp³-hybridized carbons (Fsp3) is 0.889. The third kappa shape index (κ3) is 3.99. The molecule has 1 atom stereocenters. The lowest BCUT2D eigenvalue weighted by atomic mass is 9.77. The van der Waals surface area contributed by atoms with Gasteiger partial charge in [0.25, 0.3) is 0 Å². The predicted molar refractivity (Wildman–Crippen MR) is 84.5 cm³/mol. The Morgan fingerprint density at radius 1 is 1.19 bits per heavy atom. The van der Waals surface area contributed by atoms with Crippen LogP contribution in [0.25, 0.3) is 0 Å². The van der Waals surface area contributed by atoms with Crippen LogP contribution in [0.15, 0.2) is 0 Å². The number of nitrogens with one attached hydrogen (secondary N) is 1. The number of carbonyl (C=O) groups excluding carboxylic acids is 1. The summed E-state index contributed by atoms with van der Waals surface area (Å²) < 4.78 is 0. The number of nitrogens with zero attached hydrogens (tertiary/aromatic N) is 1. The van der Waals surface area contributed by atoms with Crippen molar-refractivity contribution in [2.24, 2.45) is 17.3 Å². The van der Waals surface area contributed by atoms with Gasteiger partial charge in [-0.2, -0.15) is 5.26 Å². The molecule has 0 saturated heterocycles. The SMILES string of the molecule is CC(C)CC1(C(=O)NC(C#N)C2CCCCC2)CCCC1. The molecule has 0 spiro atoms. The fourth-order valence-corrected chi connectivity index (χ4v) is 4.37. The Morgan fingerprint density at radius 2 is 1.81 bits per heavy atom. The van der Waals surface area contributed by atoms with Crippen molar-refractivity contribution in [3.63, 3.8) is 0 Å². The summed E-state index contributed by atoms with van der Waals surface area (Å²) in [7, 11) is 0. The van der Waals surface area contributed by atoms with Crippen molar-refractivity contribution >= 4 is 5.91 Å². The minimum Gasteiger partial charge on any atom is -0.340 e. The second-order valence-corrected chi connectivity index (χ2v) is 7.56. The highest BCUT2D eigenvalue weighted by molar-refractivity contribution is 5.83. The molecule has 3 nitrogen and oxygen atoms in total. The van der Waals surface area contributed by atoms with Gasteiger partial charge < -0.3 is 5.32 Å². The minimum atomic E-state index is -0.276. The van der Waals surface area contributed by atoms with Crippen molar-refractivity contribution in [1.29, 1.82) is 5.26 Å². The molecule has 1 N–H and O–H groups in total. The Bertz CT molecular complexity index is 385. The smallest absolute Gasteiger partial charge is 0.227 e. The molecule has 2 aliphatic rings. The van der Waals surface area contributed by atoms with Crippen LogP contribution in [0.5, 0.6) is 0 Å². The Balaban J connectivity index is 2.01. The maximum absolute atomic E-state index is 12.9. The maximum Gasteiger partial charge on any atom is 0.227 e. The van der Waals surface area contributed by atoms with Crippen molar-refractivity contribution in [1.82, 2.24) is 5.32 Å². The van der Waals surface area contributed by atoms with Crippen LogP contribution >= 0.6 is 0 Å². The minimum absolute atomic E-state index is 0.158. The first-order chi connectivity index (χ1) is 10.1. The van der Waals surface area contributed by atoms with Crippen LogP contribution < -0.4 is 5.32 Å². The molecule has 1 amide bonds. The lowest BCUT2D eigenvalue weighted by Crippen LogP contribution is -2.47. The average molecular weight is 290 g/mol. The van der Waals surface area contributed by atoms with Crippen molar-refractivity contribution in [3.05, 3.63) is 0 Å². The van der Waals surface area contributed by atoms with E-state index in [1.54, 1.807) is 0 Å². The van der Waals surface area contributed by atoms with E-state index in [9.17, 15) is 10.1 Å². The molecule has 21 heavy (non-hydrogen) atoms. The highest BCUT2D eigenvalue weighted by atomic mass is 16.2. The Kier molecular flexibility index (Phi) is 5.67. The standard InChI is InChI=1S/C18H30N2O/c1-14(2)12-18(10-6-7-11-18)17(21)20-16(13-19)15-8-4-3-5-9-15/h14-16H,3-12H2,1-2H3,(H,20,21). The second kappa shape index (κ2) is 7.29. The van der Waals surface area contributed by atoms with Crippen LogP contribution in [0.4, 0.5) is 0 Å². The van der Waals surface area contributed by atoms with Gasteiger partial charge in [0.15, 0.2) is 0 Å². The zero-order chi connectivity index (χ0) is 15.3. The zero-order valence-electron chi connectivity index (χ0n) is 13.7. The molecule has 2 fully saturated rings. The van der Waals surface area contributed by atoms with E-state index in [1.807, 2.05) is 0 Å². The van der Waals surface area contributed by atoms with E-state index in [0.717, 1.165) is 44.9 Å². The first-order valence-electron chi connectivity index (χ1n) is 8.78. The van der Waals surface area contributed by atoms with Crippen molar-refractivity contribution < 1.29 is 4.79 Å². The molecule has 0 aliphatic heterocycles. The van der Waals surface area contributed by atoms with Gasteiger partial charge in [0.2, 0.25) is 5.91 Å². The highest BCUT2D eigenvalue weighted by Gasteiger charge is 2.42. The van der Waals surface area contributed by atoms with E-state index in [0.29, 0.717) is 11.8 Å². The van der Waals surface area contributed by atoms with Crippen LogP contribution in [0.2, 0.25) is 0 Å². The summed E-state index contributed by atoms with van der Waals surface area (Å²) in [6, 6.07) is 2.09. The Hall–Kier alpha value is -1.04. The Morgan fingerprint density at radius 3 is 2.33 bits per heavy atom. The van der Waals surface area contributed by atoms with Gasteiger partial charge in [0.1, 0.15) is 6.04 Å². The molecular weight excluding hydrogens is 260 g/mol. The molecule has 2 saturated carbocycles. The number of hydrogen-bond acceptors (Lipinski definition) is 2. The van der Waals surface area contributed by atoms with E-state index in [-0.39, 0.29) is 17.4 Å². The molecule has 3 heteroatoms. The third-order valence-corrected chi connectivity index (χ3v) is 5.39. The summed E-state index contributed by atoms with van der Waals surface area (Å²) in [5.41, 5.74) is -0.196. The molecule has 0 aromatic carbocycles. The van der Waals surface area contributed by atoms with Crippen molar-refractivity contribution in [3.8, 4) is 6.07 Å². The second-order valence-electron chi connectivity index (χ2n) is 7.56. The maximum atomic E-state index is 12.9. The first-order valence-corrected chi connectivity index (χ1v) is 8.78. The first kappa shape index (κ1) is 16.3. The van der Waals surface area contributed by atoms with Gasteiger partial charge in [-0.3, -0.25) is 4.79 Å². The van der Waals surface area contributed by atoms with E-state index in [2.05, 4.69) is 25.2 Å². The van der Waals surface area contributed by atoms with Crippen LogP contribution in [0.1, 0.15) is 78.1 Å². The van der Waals surface area contributed by atoms with Crippen LogP contribution in [0, 0.1) is 28.6 Å². The molecule has 118 valence electrons. The summed E-state index contributed by atoms with van der Waals surface area (Å²) in [5.74, 6) is 1.06. The lowest BCUT2D eigenvalue weighted by molar-refractivity contribution is -0.132. The molecule has 2 aliphatic carbocycles. The normalized spacial score (nSPS) is 23.7. The van der Waals surface area contributed by atoms with Crippen molar-refractivity contribution in [2.75, 3.05) is 0 Å². The molecule has 0 radical (unpaired) electrons.